The topological polar surface area (TPSA) is 15.3 Å². The zero-order valence-corrected chi connectivity index (χ0v) is 12.3. The van der Waals surface area contributed by atoms with Crippen molar-refractivity contribution in [3.8, 4) is 0 Å². The van der Waals surface area contributed by atoms with Crippen LogP contribution < -0.4 is 10.2 Å². The van der Waals surface area contributed by atoms with Crippen molar-refractivity contribution < 1.29 is 0 Å². The maximum absolute atomic E-state index is 5.96. The highest BCUT2D eigenvalue weighted by molar-refractivity contribution is 7.16. The quantitative estimate of drug-likeness (QED) is 0.885. The summed E-state index contributed by atoms with van der Waals surface area (Å²) in [6.07, 6.45) is 2.60. The van der Waals surface area contributed by atoms with Crippen molar-refractivity contribution in [2.45, 2.75) is 19.4 Å². The predicted molar refractivity (Wildman–Crippen MR) is 84.5 cm³/mol. The maximum Gasteiger partial charge on any atom is 0.0931 e. The van der Waals surface area contributed by atoms with Crippen LogP contribution in [0.25, 0.3) is 0 Å². The number of anilines is 2. The zero-order valence-electron chi connectivity index (χ0n) is 10.7. The summed E-state index contributed by atoms with van der Waals surface area (Å²) in [4.78, 5) is 3.73. The normalized spacial score (nSPS) is 14.9. The van der Waals surface area contributed by atoms with E-state index in [0.29, 0.717) is 0 Å². The lowest BCUT2D eigenvalue weighted by Crippen LogP contribution is -2.19. The van der Waals surface area contributed by atoms with E-state index >= 15 is 0 Å². The molecule has 2 heterocycles. The Kier molecular flexibility index (Phi) is 3.95. The molecule has 0 unspecified atom stereocenters. The van der Waals surface area contributed by atoms with Crippen molar-refractivity contribution >= 4 is 34.3 Å². The summed E-state index contributed by atoms with van der Waals surface area (Å²) in [6.45, 7) is 3.18. The van der Waals surface area contributed by atoms with E-state index in [1.54, 1.807) is 11.3 Å². The second kappa shape index (κ2) is 5.85. The van der Waals surface area contributed by atoms with Crippen LogP contribution in [0.3, 0.4) is 0 Å². The van der Waals surface area contributed by atoms with Crippen LogP contribution in [0.4, 0.5) is 11.4 Å². The molecule has 0 saturated carbocycles. The average molecular weight is 293 g/mol. The minimum atomic E-state index is 0.836. The molecule has 1 saturated heterocycles. The van der Waals surface area contributed by atoms with Gasteiger partial charge in [0, 0.05) is 24.5 Å². The van der Waals surface area contributed by atoms with Crippen molar-refractivity contribution in [1.82, 2.24) is 0 Å². The van der Waals surface area contributed by atoms with Gasteiger partial charge in [0.15, 0.2) is 0 Å². The minimum Gasteiger partial charge on any atom is -0.378 e. The molecule has 3 rings (SSSR count). The number of halogens is 1. The Morgan fingerprint density at radius 2 is 1.89 bits per heavy atom. The smallest absolute Gasteiger partial charge is 0.0931 e. The van der Waals surface area contributed by atoms with E-state index in [1.807, 2.05) is 6.07 Å². The highest BCUT2D eigenvalue weighted by Gasteiger charge is 2.15. The SMILES string of the molecule is Clc1ccc(CNc2ccccc2N2CCCC2)s1. The molecule has 19 heavy (non-hydrogen) atoms. The van der Waals surface area contributed by atoms with Gasteiger partial charge in [-0.25, -0.2) is 0 Å². The first kappa shape index (κ1) is 12.8. The summed E-state index contributed by atoms with van der Waals surface area (Å²) in [5.74, 6) is 0. The monoisotopic (exact) mass is 292 g/mol. The van der Waals surface area contributed by atoms with Crippen LogP contribution in [0.15, 0.2) is 36.4 Å². The molecular weight excluding hydrogens is 276 g/mol. The lowest BCUT2D eigenvalue weighted by Gasteiger charge is -2.21. The first-order valence-electron chi connectivity index (χ1n) is 6.65. The predicted octanol–water partition coefficient (Wildman–Crippen LogP) is 4.61. The van der Waals surface area contributed by atoms with Crippen molar-refractivity contribution in [2.75, 3.05) is 23.3 Å². The highest BCUT2D eigenvalue weighted by atomic mass is 35.5. The van der Waals surface area contributed by atoms with Gasteiger partial charge in [-0.2, -0.15) is 0 Å². The van der Waals surface area contributed by atoms with E-state index < -0.39 is 0 Å². The van der Waals surface area contributed by atoms with Crippen LogP contribution >= 0.6 is 22.9 Å². The van der Waals surface area contributed by atoms with Crippen molar-refractivity contribution in [3.05, 3.63) is 45.6 Å². The zero-order chi connectivity index (χ0) is 13.1. The third-order valence-corrected chi connectivity index (χ3v) is 4.66. The largest absolute Gasteiger partial charge is 0.378 e. The Labute approximate surface area is 123 Å². The van der Waals surface area contributed by atoms with Gasteiger partial charge in [0.1, 0.15) is 0 Å². The van der Waals surface area contributed by atoms with Crippen molar-refractivity contribution in [2.24, 2.45) is 0 Å². The van der Waals surface area contributed by atoms with E-state index in [4.69, 9.17) is 11.6 Å². The van der Waals surface area contributed by atoms with Gasteiger partial charge in [-0.3, -0.25) is 0 Å². The number of benzene rings is 1. The molecule has 1 fully saturated rings. The Morgan fingerprint density at radius 3 is 2.63 bits per heavy atom. The average Bonchev–Trinajstić information content (AvgIpc) is 3.08. The molecule has 1 aromatic heterocycles. The lowest BCUT2D eigenvalue weighted by molar-refractivity contribution is 0.949. The van der Waals surface area contributed by atoms with E-state index in [-0.39, 0.29) is 0 Å². The molecule has 0 atom stereocenters. The van der Waals surface area contributed by atoms with Gasteiger partial charge in [-0.05, 0) is 37.1 Å². The molecule has 1 aliphatic rings. The molecule has 100 valence electrons. The molecule has 0 radical (unpaired) electrons. The number of rotatable bonds is 4. The van der Waals surface area contributed by atoms with Crippen LogP contribution in [-0.4, -0.2) is 13.1 Å². The summed E-state index contributed by atoms with van der Waals surface area (Å²) >= 11 is 7.59. The van der Waals surface area contributed by atoms with Gasteiger partial charge in [0.25, 0.3) is 0 Å². The second-order valence-corrected chi connectivity index (χ2v) is 6.57. The summed E-state index contributed by atoms with van der Waals surface area (Å²) in [5, 5.41) is 3.53. The van der Waals surface area contributed by atoms with Gasteiger partial charge in [-0.1, -0.05) is 23.7 Å². The molecule has 0 aliphatic carbocycles. The first-order valence-corrected chi connectivity index (χ1v) is 7.84. The van der Waals surface area contributed by atoms with E-state index in [9.17, 15) is 0 Å². The van der Waals surface area contributed by atoms with Crippen LogP contribution in [0.5, 0.6) is 0 Å². The van der Waals surface area contributed by atoms with Crippen LogP contribution in [0.2, 0.25) is 4.34 Å². The maximum atomic E-state index is 5.96. The van der Waals surface area contributed by atoms with Crippen LogP contribution in [0, 0.1) is 0 Å². The number of nitrogens with zero attached hydrogens (tertiary/aromatic N) is 1. The number of hydrogen-bond acceptors (Lipinski definition) is 3. The number of nitrogens with one attached hydrogen (secondary N) is 1. The van der Waals surface area contributed by atoms with Crippen LogP contribution in [-0.2, 0) is 6.54 Å². The minimum absolute atomic E-state index is 0.836. The summed E-state index contributed by atoms with van der Waals surface area (Å²) in [5.41, 5.74) is 2.54. The molecule has 1 aromatic carbocycles. The number of thiophene rings is 1. The molecule has 2 aromatic rings. The number of para-hydroxylation sites is 2. The van der Waals surface area contributed by atoms with Gasteiger partial charge in [0.2, 0.25) is 0 Å². The Balaban J connectivity index is 1.73. The number of hydrogen-bond donors (Lipinski definition) is 1. The molecular formula is C15H17ClN2S. The van der Waals surface area contributed by atoms with Gasteiger partial charge in [-0.15, -0.1) is 11.3 Å². The van der Waals surface area contributed by atoms with Gasteiger partial charge < -0.3 is 10.2 Å². The summed E-state index contributed by atoms with van der Waals surface area (Å²) in [7, 11) is 0. The summed E-state index contributed by atoms with van der Waals surface area (Å²) in [6, 6.07) is 12.6. The fraction of sp³-hybridized carbons (Fsp3) is 0.333. The molecule has 0 spiro atoms. The second-order valence-electron chi connectivity index (χ2n) is 4.77. The van der Waals surface area contributed by atoms with E-state index in [0.717, 1.165) is 10.9 Å². The molecule has 2 nitrogen and oxygen atoms in total. The van der Waals surface area contributed by atoms with E-state index in [1.165, 1.54) is 42.2 Å². The first-order chi connectivity index (χ1) is 9.33. The van der Waals surface area contributed by atoms with Crippen LogP contribution in [0.1, 0.15) is 17.7 Å². The van der Waals surface area contributed by atoms with Crippen molar-refractivity contribution in [1.29, 1.82) is 0 Å². The Morgan fingerprint density at radius 1 is 1.11 bits per heavy atom. The standard InChI is InChI=1S/C15H17ClN2S/c16-15-8-7-12(19-15)11-17-13-5-1-2-6-14(13)18-9-3-4-10-18/h1-2,5-8,17H,3-4,9-11H2. The fourth-order valence-electron chi connectivity index (χ4n) is 2.49. The third kappa shape index (κ3) is 3.04. The van der Waals surface area contributed by atoms with Gasteiger partial charge in [0.05, 0.1) is 15.7 Å². The molecule has 0 bridgehead atoms. The molecule has 1 aliphatic heterocycles. The highest BCUT2D eigenvalue weighted by Crippen LogP contribution is 2.30. The summed E-state index contributed by atoms with van der Waals surface area (Å²) < 4.78 is 0.852. The third-order valence-electron chi connectivity index (χ3n) is 3.43. The lowest BCUT2D eigenvalue weighted by atomic mass is 10.2. The van der Waals surface area contributed by atoms with Crippen molar-refractivity contribution in [3.63, 3.8) is 0 Å². The Hall–Kier alpha value is -1.19. The molecule has 4 heteroatoms. The molecule has 1 N–H and O–H groups in total. The van der Waals surface area contributed by atoms with Gasteiger partial charge >= 0.3 is 0 Å². The molecule has 0 amide bonds. The fourth-order valence-corrected chi connectivity index (χ4v) is 3.51. The Bertz CT molecular complexity index is 547. The van der Waals surface area contributed by atoms with E-state index in [2.05, 4.69) is 40.5 Å².